The van der Waals surface area contributed by atoms with Crippen LogP contribution in [0.5, 0.6) is 5.75 Å². The quantitative estimate of drug-likeness (QED) is 0.710. The van der Waals surface area contributed by atoms with Crippen molar-refractivity contribution >= 4 is 10.4 Å². The Morgan fingerprint density at radius 1 is 1.31 bits per heavy atom. The molecule has 1 aromatic rings. The van der Waals surface area contributed by atoms with Gasteiger partial charge in [0, 0.05) is 0 Å². The van der Waals surface area contributed by atoms with Crippen molar-refractivity contribution in [2.75, 3.05) is 0 Å². The van der Waals surface area contributed by atoms with Crippen molar-refractivity contribution in [3.63, 3.8) is 0 Å². The zero-order valence-corrected chi connectivity index (χ0v) is 7.91. The zero-order chi connectivity index (χ0) is 9.19. The molecule has 0 radical (unpaired) electrons. The van der Waals surface area contributed by atoms with Crippen LogP contribution in [0.3, 0.4) is 0 Å². The summed E-state index contributed by atoms with van der Waals surface area (Å²) in [6, 6.07) is 6.50. The van der Waals surface area contributed by atoms with Crippen molar-refractivity contribution < 1.29 is 17.2 Å². The summed E-state index contributed by atoms with van der Waals surface area (Å²) in [5, 5.41) is 0. The molecule has 0 aliphatic heterocycles. The van der Waals surface area contributed by atoms with Crippen molar-refractivity contribution in [1.29, 1.82) is 0 Å². The summed E-state index contributed by atoms with van der Waals surface area (Å²) in [7, 11) is -4.40. The van der Waals surface area contributed by atoms with Crippen molar-refractivity contribution in [3.05, 3.63) is 29.8 Å². The molecule has 5 nitrogen and oxygen atoms in total. The fraction of sp³-hybridized carbons (Fsp3) is 0.143. The van der Waals surface area contributed by atoms with Crippen LogP contribution in [0, 0.1) is 6.92 Å². The molecule has 1 rings (SSSR count). The van der Waals surface area contributed by atoms with Gasteiger partial charge < -0.3 is 10.3 Å². The first-order valence-electron chi connectivity index (χ1n) is 3.21. The maximum atomic E-state index is 10.3. The highest BCUT2D eigenvalue weighted by Crippen LogP contribution is 2.17. The Labute approximate surface area is 76.9 Å². The standard InChI is InChI=1S/C7H8O4S.H3N/c1-6-4-2-3-5-7(6)11-12(8,9)10;/h2-5H,1H3,(H,8,9,10);1H3. The van der Waals surface area contributed by atoms with Crippen molar-refractivity contribution in [1.82, 2.24) is 6.15 Å². The van der Waals surface area contributed by atoms with Crippen molar-refractivity contribution in [2.24, 2.45) is 0 Å². The molecular formula is C7H11NO4S. The molecule has 0 atom stereocenters. The van der Waals surface area contributed by atoms with Gasteiger partial charge in [0.25, 0.3) is 0 Å². The van der Waals surface area contributed by atoms with Crippen LogP contribution in [0.4, 0.5) is 0 Å². The van der Waals surface area contributed by atoms with Crippen LogP contribution in [0.1, 0.15) is 5.56 Å². The van der Waals surface area contributed by atoms with Gasteiger partial charge >= 0.3 is 10.4 Å². The van der Waals surface area contributed by atoms with E-state index < -0.39 is 10.4 Å². The highest BCUT2D eigenvalue weighted by molar-refractivity contribution is 7.81. The molecule has 0 aromatic heterocycles. The molecule has 0 unspecified atom stereocenters. The molecule has 0 saturated carbocycles. The second-order valence-corrected chi connectivity index (χ2v) is 3.30. The second kappa shape index (κ2) is 4.22. The van der Waals surface area contributed by atoms with E-state index in [1.54, 1.807) is 25.1 Å². The Hall–Kier alpha value is -1.11. The molecule has 0 saturated heterocycles. The molecule has 0 bridgehead atoms. The molecule has 6 heteroatoms. The van der Waals surface area contributed by atoms with Gasteiger partial charge in [-0.25, -0.2) is 0 Å². The molecule has 4 N–H and O–H groups in total. The lowest BCUT2D eigenvalue weighted by Gasteiger charge is -2.03. The first kappa shape index (κ1) is 11.9. The van der Waals surface area contributed by atoms with E-state index in [1.165, 1.54) is 6.07 Å². The van der Waals surface area contributed by atoms with Gasteiger partial charge in [0.1, 0.15) is 5.75 Å². The Kier molecular flexibility index (Phi) is 3.86. The van der Waals surface area contributed by atoms with E-state index in [2.05, 4.69) is 4.18 Å². The van der Waals surface area contributed by atoms with Crippen LogP contribution >= 0.6 is 0 Å². The minimum absolute atomic E-state index is 0. The van der Waals surface area contributed by atoms with Gasteiger partial charge in [-0.3, -0.25) is 4.55 Å². The minimum Gasteiger partial charge on any atom is -0.362 e. The van der Waals surface area contributed by atoms with Crippen LogP contribution in [0.25, 0.3) is 0 Å². The molecule has 0 aliphatic rings. The van der Waals surface area contributed by atoms with Gasteiger partial charge in [-0.2, -0.15) is 8.42 Å². The van der Waals surface area contributed by atoms with E-state index in [0.29, 0.717) is 5.56 Å². The fourth-order valence-corrected chi connectivity index (χ4v) is 1.18. The van der Waals surface area contributed by atoms with Gasteiger partial charge in [0.2, 0.25) is 0 Å². The number of hydrogen-bond acceptors (Lipinski definition) is 4. The summed E-state index contributed by atoms with van der Waals surface area (Å²) < 4.78 is 33.2. The van der Waals surface area contributed by atoms with Crippen LogP contribution in [-0.2, 0) is 10.4 Å². The normalized spacial score (nSPS) is 10.3. The maximum Gasteiger partial charge on any atom is 0.446 e. The van der Waals surface area contributed by atoms with Crippen LogP contribution in [0.2, 0.25) is 0 Å². The van der Waals surface area contributed by atoms with Crippen LogP contribution < -0.4 is 10.3 Å². The molecule has 0 amide bonds. The molecular weight excluding hydrogens is 194 g/mol. The van der Waals surface area contributed by atoms with Crippen LogP contribution in [-0.4, -0.2) is 13.0 Å². The predicted molar refractivity (Wildman–Crippen MR) is 48.4 cm³/mol. The van der Waals surface area contributed by atoms with Crippen molar-refractivity contribution in [3.8, 4) is 5.75 Å². The minimum atomic E-state index is -4.40. The number of aryl methyl sites for hydroxylation is 1. The average Bonchev–Trinajstić information content (AvgIpc) is 1.91. The summed E-state index contributed by atoms with van der Waals surface area (Å²) in [5.74, 6) is 0.139. The first-order chi connectivity index (χ1) is 5.49. The molecule has 0 fully saturated rings. The van der Waals surface area contributed by atoms with Gasteiger partial charge in [0.15, 0.2) is 0 Å². The van der Waals surface area contributed by atoms with Gasteiger partial charge in [-0.15, -0.1) is 0 Å². The number of para-hydroxylation sites is 1. The summed E-state index contributed by atoms with van der Waals surface area (Å²) in [6.45, 7) is 1.68. The monoisotopic (exact) mass is 205 g/mol. The lowest BCUT2D eigenvalue weighted by molar-refractivity contribution is 0.386. The molecule has 0 spiro atoms. The van der Waals surface area contributed by atoms with E-state index in [9.17, 15) is 8.42 Å². The lowest BCUT2D eigenvalue weighted by Crippen LogP contribution is -2.07. The van der Waals surface area contributed by atoms with E-state index in [-0.39, 0.29) is 11.9 Å². The number of rotatable bonds is 2. The summed E-state index contributed by atoms with van der Waals surface area (Å²) in [4.78, 5) is 0. The molecule has 74 valence electrons. The highest BCUT2D eigenvalue weighted by atomic mass is 32.3. The Balaban J connectivity index is 0.00000144. The highest BCUT2D eigenvalue weighted by Gasteiger charge is 2.07. The van der Waals surface area contributed by atoms with Crippen molar-refractivity contribution in [2.45, 2.75) is 6.92 Å². The summed E-state index contributed by atoms with van der Waals surface area (Å²) in [6.07, 6.45) is 0. The Bertz CT molecular complexity index is 374. The first-order valence-corrected chi connectivity index (χ1v) is 4.58. The third-order valence-electron chi connectivity index (χ3n) is 1.29. The smallest absolute Gasteiger partial charge is 0.362 e. The Morgan fingerprint density at radius 2 is 1.85 bits per heavy atom. The largest absolute Gasteiger partial charge is 0.446 e. The predicted octanol–water partition coefficient (Wildman–Crippen LogP) is 1.34. The second-order valence-electron chi connectivity index (χ2n) is 2.28. The van der Waals surface area contributed by atoms with Crippen LogP contribution in [0.15, 0.2) is 24.3 Å². The molecule has 0 aliphatic carbocycles. The third kappa shape index (κ3) is 3.88. The lowest BCUT2D eigenvalue weighted by atomic mass is 10.2. The van der Waals surface area contributed by atoms with Gasteiger partial charge in [-0.05, 0) is 18.6 Å². The molecule has 0 heterocycles. The van der Waals surface area contributed by atoms with E-state index in [1.807, 2.05) is 0 Å². The SMILES string of the molecule is Cc1ccccc1OS(=O)(=O)O.N. The molecule has 1 aromatic carbocycles. The van der Waals surface area contributed by atoms with Gasteiger partial charge in [-0.1, -0.05) is 18.2 Å². The average molecular weight is 205 g/mol. The number of benzene rings is 1. The summed E-state index contributed by atoms with van der Waals surface area (Å²) >= 11 is 0. The van der Waals surface area contributed by atoms with Gasteiger partial charge in [0.05, 0.1) is 0 Å². The topological polar surface area (TPSA) is 98.6 Å². The fourth-order valence-electron chi connectivity index (χ4n) is 0.763. The summed E-state index contributed by atoms with van der Waals surface area (Å²) in [5.41, 5.74) is 0.648. The van der Waals surface area contributed by atoms with E-state index in [0.717, 1.165) is 0 Å². The van der Waals surface area contributed by atoms with E-state index in [4.69, 9.17) is 4.55 Å². The third-order valence-corrected chi connectivity index (χ3v) is 1.68. The maximum absolute atomic E-state index is 10.3. The zero-order valence-electron chi connectivity index (χ0n) is 7.10. The Morgan fingerprint density at radius 3 is 2.31 bits per heavy atom. The number of hydrogen-bond donors (Lipinski definition) is 2. The molecule has 13 heavy (non-hydrogen) atoms. The van der Waals surface area contributed by atoms with E-state index >= 15 is 0 Å².